The van der Waals surface area contributed by atoms with E-state index in [1.54, 1.807) is 19.3 Å². The second-order valence-electron chi connectivity index (χ2n) is 6.28. The molecule has 1 aliphatic heterocycles. The fourth-order valence-corrected chi connectivity index (χ4v) is 2.88. The van der Waals surface area contributed by atoms with Crippen molar-refractivity contribution in [2.45, 2.75) is 13.3 Å². The van der Waals surface area contributed by atoms with Crippen molar-refractivity contribution in [1.29, 1.82) is 0 Å². The molecular formula is C19H21N3O3. The molecule has 3 rings (SSSR count). The average molecular weight is 339 g/mol. The first-order valence-corrected chi connectivity index (χ1v) is 8.21. The molecule has 6 nitrogen and oxygen atoms in total. The van der Waals surface area contributed by atoms with Gasteiger partial charge in [0.2, 0.25) is 11.8 Å². The molecule has 1 aromatic heterocycles. The smallest absolute Gasteiger partial charge is 0.245 e. The van der Waals surface area contributed by atoms with E-state index in [-0.39, 0.29) is 24.3 Å². The molecule has 1 aromatic carbocycles. The van der Waals surface area contributed by atoms with Gasteiger partial charge in [-0.15, -0.1) is 0 Å². The number of para-hydroxylation sites is 1. The number of pyridine rings is 1. The number of ether oxygens (including phenoxy) is 1. The van der Waals surface area contributed by atoms with Crippen LogP contribution in [0.4, 0.5) is 5.82 Å². The molecule has 130 valence electrons. The van der Waals surface area contributed by atoms with E-state index in [1.165, 1.54) is 4.90 Å². The summed E-state index contributed by atoms with van der Waals surface area (Å²) in [6, 6.07) is 11.3. The third-order valence-electron chi connectivity index (χ3n) is 4.17. The molecular weight excluding hydrogens is 318 g/mol. The molecule has 0 saturated heterocycles. The standard InChI is InChI=1S/C19H21N3O3/c1-13-7-8-20-17(9-13)21-18(23)11-22(2)19(24)15-10-14-5-3-4-6-16(14)25-12-15/h3-9,15H,10-12H2,1-2H3,(H,20,21,23)/t15-/m0/s1. The van der Waals surface area contributed by atoms with Crippen LogP contribution in [0.3, 0.4) is 0 Å². The molecule has 0 radical (unpaired) electrons. The predicted octanol–water partition coefficient (Wildman–Crippen LogP) is 2.04. The number of carbonyl (C=O) groups excluding carboxylic acids is 2. The number of hydrogen-bond donors (Lipinski definition) is 1. The van der Waals surface area contributed by atoms with Crippen LogP contribution in [0.2, 0.25) is 0 Å². The van der Waals surface area contributed by atoms with Crippen molar-refractivity contribution in [1.82, 2.24) is 9.88 Å². The van der Waals surface area contributed by atoms with Gasteiger partial charge in [-0.25, -0.2) is 4.98 Å². The van der Waals surface area contributed by atoms with E-state index in [1.807, 2.05) is 37.3 Å². The van der Waals surface area contributed by atoms with Gasteiger partial charge in [-0.05, 0) is 42.7 Å². The van der Waals surface area contributed by atoms with E-state index >= 15 is 0 Å². The molecule has 0 aliphatic carbocycles. The number of fused-ring (bicyclic) bond motifs is 1. The van der Waals surface area contributed by atoms with Crippen molar-refractivity contribution < 1.29 is 14.3 Å². The molecule has 0 saturated carbocycles. The number of nitrogens with one attached hydrogen (secondary N) is 1. The molecule has 0 bridgehead atoms. The highest BCUT2D eigenvalue weighted by molar-refractivity contribution is 5.94. The van der Waals surface area contributed by atoms with E-state index in [2.05, 4.69) is 10.3 Å². The van der Waals surface area contributed by atoms with Crippen LogP contribution in [0.25, 0.3) is 0 Å². The Bertz CT molecular complexity index is 791. The van der Waals surface area contributed by atoms with Gasteiger partial charge in [-0.3, -0.25) is 9.59 Å². The molecule has 25 heavy (non-hydrogen) atoms. The molecule has 2 aromatic rings. The summed E-state index contributed by atoms with van der Waals surface area (Å²) in [7, 11) is 1.63. The first-order valence-electron chi connectivity index (χ1n) is 8.21. The Hall–Kier alpha value is -2.89. The lowest BCUT2D eigenvalue weighted by Gasteiger charge is -2.28. The summed E-state index contributed by atoms with van der Waals surface area (Å²) in [5.41, 5.74) is 2.03. The summed E-state index contributed by atoms with van der Waals surface area (Å²) >= 11 is 0. The van der Waals surface area contributed by atoms with Gasteiger partial charge in [-0.2, -0.15) is 0 Å². The third-order valence-corrected chi connectivity index (χ3v) is 4.17. The topological polar surface area (TPSA) is 71.5 Å². The summed E-state index contributed by atoms with van der Waals surface area (Å²) in [4.78, 5) is 30.3. The van der Waals surface area contributed by atoms with Crippen molar-refractivity contribution in [3.8, 4) is 5.75 Å². The molecule has 1 N–H and O–H groups in total. The highest BCUT2D eigenvalue weighted by Gasteiger charge is 2.28. The molecule has 0 spiro atoms. The van der Waals surface area contributed by atoms with E-state index in [9.17, 15) is 9.59 Å². The zero-order chi connectivity index (χ0) is 17.8. The molecule has 1 atom stereocenters. The summed E-state index contributed by atoms with van der Waals surface area (Å²) < 4.78 is 5.66. The predicted molar refractivity (Wildman–Crippen MR) is 94.4 cm³/mol. The Balaban J connectivity index is 1.57. The second-order valence-corrected chi connectivity index (χ2v) is 6.28. The van der Waals surface area contributed by atoms with E-state index in [4.69, 9.17) is 4.74 Å². The van der Waals surface area contributed by atoms with Crippen LogP contribution in [0, 0.1) is 12.8 Å². The zero-order valence-electron chi connectivity index (χ0n) is 14.4. The van der Waals surface area contributed by atoms with Crippen LogP contribution < -0.4 is 10.1 Å². The lowest BCUT2D eigenvalue weighted by atomic mass is 9.95. The number of likely N-dealkylation sites (N-methyl/N-ethyl adjacent to an activating group) is 1. The third kappa shape index (κ3) is 4.15. The maximum atomic E-state index is 12.6. The van der Waals surface area contributed by atoms with Crippen molar-refractivity contribution in [2.75, 3.05) is 25.5 Å². The first kappa shape index (κ1) is 17.0. The molecule has 1 aliphatic rings. The fraction of sp³-hybridized carbons (Fsp3) is 0.316. The van der Waals surface area contributed by atoms with Crippen LogP contribution in [0.1, 0.15) is 11.1 Å². The van der Waals surface area contributed by atoms with Crippen molar-refractivity contribution in [3.63, 3.8) is 0 Å². The number of aromatic nitrogens is 1. The summed E-state index contributed by atoms with van der Waals surface area (Å²) in [6.07, 6.45) is 2.26. The number of hydrogen-bond acceptors (Lipinski definition) is 4. The molecule has 0 fully saturated rings. The summed E-state index contributed by atoms with van der Waals surface area (Å²) in [6.45, 7) is 2.24. The van der Waals surface area contributed by atoms with Crippen LogP contribution in [-0.2, 0) is 16.0 Å². The lowest BCUT2D eigenvalue weighted by Crippen LogP contribution is -2.42. The Kier molecular flexibility index (Phi) is 4.97. The van der Waals surface area contributed by atoms with Crippen molar-refractivity contribution in [3.05, 3.63) is 53.7 Å². The Morgan fingerprint density at radius 1 is 1.32 bits per heavy atom. The van der Waals surface area contributed by atoms with Gasteiger partial charge < -0.3 is 15.0 Å². The quantitative estimate of drug-likeness (QED) is 0.925. The van der Waals surface area contributed by atoms with Gasteiger partial charge in [0.1, 0.15) is 18.2 Å². The number of carbonyl (C=O) groups is 2. The zero-order valence-corrected chi connectivity index (χ0v) is 14.4. The molecule has 2 amide bonds. The second kappa shape index (κ2) is 7.34. The number of aryl methyl sites for hydroxylation is 1. The minimum absolute atomic E-state index is 0.0212. The Morgan fingerprint density at radius 3 is 2.92 bits per heavy atom. The van der Waals surface area contributed by atoms with Gasteiger partial charge in [0.15, 0.2) is 0 Å². The minimum Gasteiger partial charge on any atom is -0.492 e. The maximum Gasteiger partial charge on any atom is 0.245 e. The number of nitrogens with zero attached hydrogens (tertiary/aromatic N) is 2. The summed E-state index contributed by atoms with van der Waals surface area (Å²) in [5, 5.41) is 2.71. The molecule has 2 heterocycles. The maximum absolute atomic E-state index is 12.6. The highest BCUT2D eigenvalue weighted by Crippen LogP contribution is 2.27. The van der Waals surface area contributed by atoms with Gasteiger partial charge in [0.05, 0.1) is 12.5 Å². The number of amides is 2. The van der Waals surface area contributed by atoms with Crippen LogP contribution >= 0.6 is 0 Å². The van der Waals surface area contributed by atoms with Crippen molar-refractivity contribution in [2.24, 2.45) is 5.92 Å². The fourth-order valence-electron chi connectivity index (χ4n) is 2.88. The number of benzene rings is 1. The van der Waals surface area contributed by atoms with E-state index < -0.39 is 0 Å². The number of anilines is 1. The van der Waals surface area contributed by atoms with Crippen LogP contribution in [-0.4, -0.2) is 41.9 Å². The van der Waals surface area contributed by atoms with Gasteiger partial charge in [-0.1, -0.05) is 18.2 Å². The van der Waals surface area contributed by atoms with Gasteiger partial charge in [0.25, 0.3) is 0 Å². The Labute approximate surface area is 146 Å². The first-order chi connectivity index (χ1) is 12.0. The highest BCUT2D eigenvalue weighted by atomic mass is 16.5. The SMILES string of the molecule is Cc1ccnc(NC(=O)CN(C)C(=O)[C@@H]2COc3ccccc3C2)c1. The molecule has 6 heteroatoms. The lowest BCUT2D eigenvalue weighted by molar-refractivity contribution is -0.138. The normalized spacial score (nSPS) is 15.7. The summed E-state index contributed by atoms with van der Waals surface area (Å²) in [5.74, 6) is 0.677. The Morgan fingerprint density at radius 2 is 2.12 bits per heavy atom. The minimum atomic E-state index is -0.273. The van der Waals surface area contributed by atoms with Gasteiger partial charge in [0, 0.05) is 13.2 Å². The average Bonchev–Trinajstić information content (AvgIpc) is 2.60. The molecule has 0 unspecified atom stereocenters. The van der Waals surface area contributed by atoms with E-state index in [0.717, 1.165) is 16.9 Å². The largest absolute Gasteiger partial charge is 0.492 e. The number of rotatable bonds is 4. The van der Waals surface area contributed by atoms with Crippen LogP contribution in [0.15, 0.2) is 42.6 Å². The van der Waals surface area contributed by atoms with E-state index in [0.29, 0.717) is 18.8 Å². The van der Waals surface area contributed by atoms with Crippen LogP contribution in [0.5, 0.6) is 5.75 Å². The monoisotopic (exact) mass is 339 g/mol. The van der Waals surface area contributed by atoms with Gasteiger partial charge >= 0.3 is 0 Å². The van der Waals surface area contributed by atoms with Crippen molar-refractivity contribution >= 4 is 17.6 Å².